The van der Waals surface area contributed by atoms with Crippen molar-refractivity contribution >= 4 is 57.8 Å². The summed E-state index contributed by atoms with van der Waals surface area (Å²) >= 11 is 1.29. The fraction of sp³-hybridized carbons (Fsp3) is 0.0323. The zero-order valence-electron chi connectivity index (χ0n) is 21.3. The van der Waals surface area contributed by atoms with Gasteiger partial charge in [-0.25, -0.2) is 9.59 Å². The number of rotatable bonds is 9. The lowest BCUT2D eigenvalue weighted by Crippen LogP contribution is -2.19. The molecule has 10 heteroatoms. The van der Waals surface area contributed by atoms with Crippen LogP contribution in [-0.2, 0) is 4.79 Å². The Morgan fingerprint density at radius 2 is 1.49 bits per heavy atom. The largest absolute Gasteiger partial charge is 0.478 e. The molecule has 0 fully saturated rings. The SMILES string of the molecule is O=C(O)c1ccc(C(=O)Nc2cccc(SC(C(=O)Nc3ccc4cc[nH]c4c3)c3ccccc3)c2)c(C(=O)O)c1. The van der Waals surface area contributed by atoms with Gasteiger partial charge in [0.25, 0.3) is 5.91 Å². The molecule has 2 amide bonds. The van der Waals surface area contributed by atoms with Crippen LogP contribution in [0.4, 0.5) is 11.4 Å². The van der Waals surface area contributed by atoms with Crippen molar-refractivity contribution in [2.45, 2.75) is 10.1 Å². The number of carbonyl (C=O) groups is 4. The van der Waals surface area contributed by atoms with Gasteiger partial charge in [-0.1, -0.05) is 42.5 Å². The van der Waals surface area contributed by atoms with E-state index in [1.165, 1.54) is 23.9 Å². The zero-order valence-corrected chi connectivity index (χ0v) is 22.1. The quantitative estimate of drug-likeness (QED) is 0.132. The van der Waals surface area contributed by atoms with Crippen molar-refractivity contribution in [3.8, 4) is 0 Å². The molecule has 0 saturated heterocycles. The highest BCUT2D eigenvalue weighted by Gasteiger charge is 2.23. The molecule has 41 heavy (non-hydrogen) atoms. The minimum absolute atomic E-state index is 0.180. The summed E-state index contributed by atoms with van der Waals surface area (Å²) in [5, 5.41) is 24.8. The van der Waals surface area contributed by atoms with Gasteiger partial charge in [0.15, 0.2) is 0 Å². The summed E-state index contributed by atoms with van der Waals surface area (Å²) in [6.45, 7) is 0. The van der Waals surface area contributed by atoms with Crippen LogP contribution in [0.5, 0.6) is 0 Å². The molecule has 1 aromatic heterocycles. The first-order valence-electron chi connectivity index (χ1n) is 12.4. The highest BCUT2D eigenvalue weighted by atomic mass is 32.2. The van der Waals surface area contributed by atoms with Gasteiger partial charge in [0.2, 0.25) is 5.91 Å². The molecule has 5 aromatic rings. The Hall–Kier alpha value is -5.35. The monoisotopic (exact) mass is 565 g/mol. The summed E-state index contributed by atoms with van der Waals surface area (Å²) in [6, 6.07) is 27.0. The van der Waals surface area contributed by atoms with Crippen molar-refractivity contribution in [3.63, 3.8) is 0 Å². The number of amides is 2. The number of fused-ring (bicyclic) bond motifs is 1. The topological polar surface area (TPSA) is 149 Å². The second kappa shape index (κ2) is 11.8. The summed E-state index contributed by atoms with van der Waals surface area (Å²) in [4.78, 5) is 53.2. The molecule has 9 nitrogen and oxygen atoms in total. The maximum absolute atomic E-state index is 13.5. The van der Waals surface area contributed by atoms with Crippen molar-refractivity contribution in [3.05, 3.63) is 126 Å². The van der Waals surface area contributed by atoms with E-state index in [-0.39, 0.29) is 17.0 Å². The first-order valence-corrected chi connectivity index (χ1v) is 13.3. The number of aromatic carboxylic acids is 2. The van der Waals surface area contributed by atoms with Crippen LogP contribution in [0.2, 0.25) is 0 Å². The van der Waals surface area contributed by atoms with Crippen molar-refractivity contribution in [1.29, 1.82) is 0 Å². The van der Waals surface area contributed by atoms with Crippen LogP contribution in [0.15, 0.2) is 108 Å². The molecule has 5 rings (SSSR count). The predicted octanol–water partition coefficient (Wildman–Crippen LogP) is 6.29. The molecule has 0 saturated carbocycles. The highest BCUT2D eigenvalue weighted by Crippen LogP contribution is 2.37. The molecular formula is C31H23N3O6S. The van der Waals surface area contributed by atoms with E-state index in [9.17, 15) is 24.3 Å². The van der Waals surface area contributed by atoms with Crippen molar-refractivity contribution in [2.75, 3.05) is 10.6 Å². The lowest BCUT2D eigenvalue weighted by atomic mass is 10.0. The van der Waals surface area contributed by atoms with Gasteiger partial charge in [0.1, 0.15) is 5.25 Å². The number of carbonyl (C=O) groups excluding carboxylic acids is 2. The van der Waals surface area contributed by atoms with E-state index in [0.717, 1.165) is 22.5 Å². The third kappa shape index (κ3) is 6.29. The fourth-order valence-electron chi connectivity index (χ4n) is 4.27. The van der Waals surface area contributed by atoms with Crippen molar-refractivity contribution in [2.24, 2.45) is 0 Å². The first-order chi connectivity index (χ1) is 19.8. The molecule has 1 heterocycles. The van der Waals surface area contributed by atoms with Gasteiger partial charge in [0.05, 0.1) is 16.7 Å². The number of H-pyrrole nitrogens is 1. The Morgan fingerprint density at radius 1 is 0.707 bits per heavy atom. The fourth-order valence-corrected chi connectivity index (χ4v) is 5.35. The molecule has 1 unspecified atom stereocenters. The summed E-state index contributed by atoms with van der Waals surface area (Å²) in [6.07, 6.45) is 1.83. The molecule has 0 radical (unpaired) electrons. The van der Waals surface area contributed by atoms with E-state index in [0.29, 0.717) is 16.3 Å². The standard InChI is InChI=1S/C31H23N3O6S/c35-28(24-12-10-20(30(37)38)15-25(24)31(39)40)33-21-7-4-8-23(16-21)41-27(19-5-2-1-3-6-19)29(36)34-22-11-9-18-13-14-32-26(18)17-22/h1-17,27,32H,(H,33,35)(H,34,36)(H,37,38)(H,39,40). The molecule has 0 aliphatic rings. The minimum atomic E-state index is -1.42. The van der Waals surface area contributed by atoms with Crippen molar-refractivity contribution in [1.82, 2.24) is 4.98 Å². The Bertz CT molecular complexity index is 1780. The minimum Gasteiger partial charge on any atom is -0.478 e. The molecule has 204 valence electrons. The Morgan fingerprint density at radius 3 is 2.24 bits per heavy atom. The highest BCUT2D eigenvalue weighted by molar-refractivity contribution is 8.00. The molecule has 0 aliphatic carbocycles. The van der Waals surface area contributed by atoms with Gasteiger partial charge in [-0.15, -0.1) is 11.8 Å². The Kier molecular flexibility index (Phi) is 7.84. The third-order valence-electron chi connectivity index (χ3n) is 6.25. The number of thioether (sulfide) groups is 1. The van der Waals surface area contributed by atoms with Crippen LogP contribution in [0, 0.1) is 0 Å². The number of carboxylic acids is 2. The van der Waals surface area contributed by atoms with E-state index in [1.807, 2.05) is 60.8 Å². The van der Waals surface area contributed by atoms with Gasteiger partial charge in [0, 0.05) is 28.0 Å². The summed E-state index contributed by atoms with van der Waals surface area (Å²) in [5.74, 6) is -3.66. The normalized spacial score (nSPS) is 11.5. The molecule has 0 aliphatic heterocycles. The lowest BCUT2D eigenvalue weighted by molar-refractivity contribution is -0.115. The van der Waals surface area contributed by atoms with E-state index in [4.69, 9.17) is 5.11 Å². The molecular weight excluding hydrogens is 542 g/mol. The molecule has 1 atom stereocenters. The second-order valence-electron chi connectivity index (χ2n) is 9.03. The second-order valence-corrected chi connectivity index (χ2v) is 10.2. The molecule has 0 spiro atoms. The number of aromatic nitrogens is 1. The van der Waals surface area contributed by atoms with Gasteiger partial charge in [-0.05, 0) is 65.5 Å². The van der Waals surface area contributed by atoms with Gasteiger partial charge in [-0.3, -0.25) is 9.59 Å². The Labute approximate surface area is 238 Å². The Balaban J connectivity index is 1.37. The summed E-state index contributed by atoms with van der Waals surface area (Å²) in [5.41, 5.74) is 1.87. The van der Waals surface area contributed by atoms with Crippen molar-refractivity contribution < 1.29 is 29.4 Å². The number of carboxylic acid groups (broad SMARTS) is 2. The third-order valence-corrected chi connectivity index (χ3v) is 7.50. The lowest BCUT2D eigenvalue weighted by Gasteiger charge is -2.18. The van der Waals surface area contributed by atoms with Crippen LogP contribution >= 0.6 is 11.8 Å². The zero-order chi connectivity index (χ0) is 28.9. The van der Waals surface area contributed by atoms with E-state index in [1.54, 1.807) is 24.3 Å². The average Bonchev–Trinajstić information content (AvgIpc) is 3.44. The maximum Gasteiger partial charge on any atom is 0.336 e. The summed E-state index contributed by atoms with van der Waals surface area (Å²) < 4.78 is 0. The van der Waals surface area contributed by atoms with Crippen LogP contribution in [0.3, 0.4) is 0 Å². The molecule has 5 N–H and O–H groups in total. The number of hydrogen-bond acceptors (Lipinski definition) is 5. The first kappa shape index (κ1) is 27.2. The molecule has 0 bridgehead atoms. The number of aromatic amines is 1. The van der Waals surface area contributed by atoms with Crippen LogP contribution < -0.4 is 10.6 Å². The number of nitrogens with one attached hydrogen (secondary N) is 3. The smallest absolute Gasteiger partial charge is 0.336 e. The number of hydrogen-bond donors (Lipinski definition) is 5. The predicted molar refractivity (Wildman–Crippen MR) is 157 cm³/mol. The maximum atomic E-state index is 13.5. The van der Waals surface area contributed by atoms with Gasteiger partial charge < -0.3 is 25.8 Å². The number of benzene rings is 4. The van der Waals surface area contributed by atoms with Crippen LogP contribution in [-0.4, -0.2) is 39.0 Å². The van der Waals surface area contributed by atoms with Crippen LogP contribution in [0.1, 0.15) is 41.9 Å². The van der Waals surface area contributed by atoms with E-state index >= 15 is 0 Å². The van der Waals surface area contributed by atoms with E-state index < -0.39 is 28.7 Å². The average molecular weight is 566 g/mol. The van der Waals surface area contributed by atoms with Gasteiger partial charge >= 0.3 is 11.9 Å². The van der Waals surface area contributed by atoms with E-state index in [2.05, 4.69) is 15.6 Å². The summed E-state index contributed by atoms with van der Waals surface area (Å²) in [7, 11) is 0. The number of anilines is 2. The van der Waals surface area contributed by atoms with Gasteiger partial charge in [-0.2, -0.15) is 0 Å². The molecule has 4 aromatic carbocycles. The van der Waals surface area contributed by atoms with Crippen LogP contribution in [0.25, 0.3) is 10.9 Å².